The average Bonchev–Trinajstić information content (AvgIpc) is 3.33. The minimum atomic E-state index is 0.627. The smallest absolute Gasteiger partial charge is 0.136 e. The molecule has 0 fully saturated rings. The maximum atomic E-state index is 6.21. The summed E-state index contributed by atoms with van der Waals surface area (Å²) >= 11 is 0. The molecule has 7 rings (SSSR count). The van der Waals surface area contributed by atoms with Crippen LogP contribution in [0.25, 0.3) is 66.1 Å². The molecule has 0 unspecified atom stereocenters. The fraction of sp³-hybridized carbons (Fsp3) is 0.0278. The molecule has 0 atom stereocenters. The van der Waals surface area contributed by atoms with E-state index in [1.807, 2.05) is 0 Å². The maximum absolute atomic E-state index is 6.21. The first kappa shape index (κ1) is 22.3. The van der Waals surface area contributed by atoms with Crippen molar-refractivity contribution in [3.8, 4) is 33.4 Å². The van der Waals surface area contributed by atoms with Crippen LogP contribution in [-0.4, -0.2) is 6.72 Å². The Morgan fingerprint density at radius 1 is 0.474 bits per heavy atom. The van der Waals surface area contributed by atoms with E-state index in [-0.39, 0.29) is 0 Å². The highest BCUT2D eigenvalue weighted by Crippen LogP contribution is 2.36. The molecule has 0 aliphatic carbocycles. The number of nitrogens with zero attached hydrogens (tertiary/aromatic N) is 1. The molecule has 6 aromatic carbocycles. The highest BCUT2D eigenvalue weighted by Gasteiger charge is 2.11. The summed E-state index contributed by atoms with van der Waals surface area (Å²) in [5, 5.41) is 4.71. The van der Waals surface area contributed by atoms with Crippen LogP contribution in [0.1, 0.15) is 5.56 Å². The lowest BCUT2D eigenvalue weighted by Crippen LogP contribution is -1.85. The minimum absolute atomic E-state index is 0.627. The Kier molecular flexibility index (Phi) is 5.37. The lowest BCUT2D eigenvalue weighted by Gasteiger charge is -2.09. The van der Waals surface area contributed by atoms with E-state index in [0.29, 0.717) is 6.54 Å². The van der Waals surface area contributed by atoms with Crippen molar-refractivity contribution >= 4 is 39.4 Å². The summed E-state index contributed by atoms with van der Waals surface area (Å²) in [7, 11) is 0. The highest BCUT2D eigenvalue weighted by atomic mass is 16.3. The van der Waals surface area contributed by atoms with E-state index in [0.717, 1.165) is 21.9 Å². The van der Waals surface area contributed by atoms with Gasteiger partial charge in [-0.3, -0.25) is 4.99 Å². The molecule has 0 N–H and O–H groups in total. The summed E-state index contributed by atoms with van der Waals surface area (Å²) in [6, 6.07) is 45.3. The lowest BCUT2D eigenvalue weighted by molar-refractivity contribution is 0.669. The molecule has 2 nitrogen and oxygen atoms in total. The fourth-order valence-electron chi connectivity index (χ4n) is 5.38. The lowest BCUT2D eigenvalue weighted by atomic mass is 9.95. The van der Waals surface area contributed by atoms with Gasteiger partial charge in [0.05, 0.1) is 6.54 Å². The van der Waals surface area contributed by atoms with Gasteiger partial charge in [-0.2, -0.15) is 0 Å². The van der Waals surface area contributed by atoms with E-state index >= 15 is 0 Å². The van der Waals surface area contributed by atoms with Crippen LogP contribution in [0, 0.1) is 0 Å². The summed E-state index contributed by atoms with van der Waals surface area (Å²) in [6.07, 6.45) is 0. The summed E-state index contributed by atoms with van der Waals surface area (Å²) in [5.74, 6) is 0. The zero-order chi connectivity index (χ0) is 25.5. The largest absolute Gasteiger partial charge is 0.456 e. The number of aliphatic imine (C=N–C) groups is 1. The monoisotopic (exact) mass is 487 g/mol. The minimum Gasteiger partial charge on any atom is -0.456 e. The molecule has 38 heavy (non-hydrogen) atoms. The van der Waals surface area contributed by atoms with Gasteiger partial charge in [0.1, 0.15) is 11.2 Å². The molecule has 0 bridgehead atoms. The average molecular weight is 488 g/mol. The Morgan fingerprint density at radius 3 is 1.68 bits per heavy atom. The standard InChI is InChI=1S/C36H25NO/c1-37-23-24-7-4-10-25(17-24)26-11-5-12-27(18-26)28-13-6-14-29(19-28)32-15-16-35-33(21-32)34-20-30-8-2-3-9-31(30)22-36(34)38-35/h2-22H,1,23H2. The van der Waals surface area contributed by atoms with Crippen LogP contribution in [0.2, 0.25) is 0 Å². The first-order chi connectivity index (χ1) is 18.7. The first-order valence-electron chi connectivity index (χ1n) is 12.8. The topological polar surface area (TPSA) is 25.5 Å². The second kappa shape index (κ2) is 9.17. The van der Waals surface area contributed by atoms with Gasteiger partial charge in [0.15, 0.2) is 0 Å². The van der Waals surface area contributed by atoms with Gasteiger partial charge in [0.2, 0.25) is 0 Å². The van der Waals surface area contributed by atoms with Crippen LogP contribution in [0.3, 0.4) is 0 Å². The van der Waals surface area contributed by atoms with Crippen molar-refractivity contribution < 1.29 is 4.42 Å². The van der Waals surface area contributed by atoms with E-state index in [2.05, 4.69) is 139 Å². The zero-order valence-corrected chi connectivity index (χ0v) is 20.9. The van der Waals surface area contributed by atoms with Crippen molar-refractivity contribution in [1.82, 2.24) is 0 Å². The van der Waals surface area contributed by atoms with Gasteiger partial charge in [0, 0.05) is 10.8 Å². The second-order valence-electron chi connectivity index (χ2n) is 9.75. The third-order valence-corrected chi connectivity index (χ3v) is 7.28. The van der Waals surface area contributed by atoms with Crippen molar-refractivity contribution in [3.63, 3.8) is 0 Å². The van der Waals surface area contributed by atoms with Crippen LogP contribution >= 0.6 is 0 Å². The van der Waals surface area contributed by atoms with Crippen molar-refractivity contribution in [2.24, 2.45) is 4.99 Å². The molecule has 0 radical (unpaired) electrons. The van der Waals surface area contributed by atoms with Crippen molar-refractivity contribution in [1.29, 1.82) is 0 Å². The van der Waals surface area contributed by atoms with Crippen LogP contribution in [-0.2, 0) is 6.54 Å². The van der Waals surface area contributed by atoms with Gasteiger partial charge < -0.3 is 4.42 Å². The number of rotatable bonds is 5. The van der Waals surface area contributed by atoms with E-state index in [1.54, 1.807) is 0 Å². The number of furan rings is 1. The quantitative estimate of drug-likeness (QED) is 0.222. The molecule has 0 aliphatic rings. The number of hydrogen-bond donors (Lipinski definition) is 0. The van der Waals surface area contributed by atoms with E-state index in [9.17, 15) is 0 Å². The molecule has 2 heteroatoms. The molecule has 0 saturated heterocycles. The normalized spacial score (nSPS) is 11.4. The van der Waals surface area contributed by atoms with Gasteiger partial charge in [-0.15, -0.1) is 0 Å². The summed E-state index contributed by atoms with van der Waals surface area (Å²) in [4.78, 5) is 4.03. The molecule has 0 amide bonds. The first-order valence-corrected chi connectivity index (χ1v) is 12.8. The molecule has 1 aromatic heterocycles. The Bertz CT molecular complexity index is 1980. The molecular formula is C36H25NO. The molecule has 180 valence electrons. The number of fused-ring (bicyclic) bond motifs is 4. The Hall–Kier alpha value is -4.95. The van der Waals surface area contributed by atoms with Crippen LogP contribution in [0.4, 0.5) is 0 Å². The summed E-state index contributed by atoms with van der Waals surface area (Å²) in [5.41, 5.74) is 10.1. The van der Waals surface area contributed by atoms with Gasteiger partial charge >= 0.3 is 0 Å². The Balaban J connectivity index is 1.28. The summed E-state index contributed by atoms with van der Waals surface area (Å²) < 4.78 is 6.21. The number of hydrogen-bond acceptors (Lipinski definition) is 2. The molecule has 0 aliphatic heterocycles. The molecule has 0 saturated carbocycles. The predicted octanol–water partition coefficient (Wildman–Crippen LogP) is 9.94. The molecular weight excluding hydrogens is 462 g/mol. The second-order valence-corrected chi connectivity index (χ2v) is 9.75. The van der Waals surface area contributed by atoms with Crippen LogP contribution in [0.5, 0.6) is 0 Å². The third-order valence-electron chi connectivity index (χ3n) is 7.28. The molecule has 1 heterocycles. The Labute approximate surface area is 221 Å². The van der Waals surface area contributed by atoms with E-state index in [1.165, 1.54) is 49.7 Å². The number of benzene rings is 6. The van der Waals surface area contributed by atoms with E-state index in [4.69, 9.17) is 4.42 Å². The SMILES string of the molecule is C=NCc1cccc(-c2cccc(-c3cccc(-c4ccc5oc6cc7ccccc7cc6c5c4)c3)c2)c1. The molecule has 0 spiro atoms. The van der Waals surface area contributed by atoms with Crippen LogP contribution < -0.4 is 0 Å². The van der Waals surface area contributed by atoms with Gasteiger partial charge in [-0.05, 0) is 98.9 Å². The van der Waals surface area contributed by atoms with Crippen molar-refractivity contribution in [3.05, 3.63) is 133 Å². The molecule has 7 aromatic rings. The van der Waals surface area contributed by atoms with Gasteiger partial charge in [-0.25, -0.2) is 0 Å². The van der Waals surface area contributed by atoms with Crippen molar-refractivity contribution in [2.45, 2.75) is 6.54 Å². The van der Waals surface area contributed by atoms with Crippen molar-refractivity contribution in [2.75, 3.05) is 0 Å². The predicted molar refractivity (Wildman–Crippen MR) is 161 cm³/mol. The third kappa shape index (κ3) is 3.97. The fourth-order valence-corrected chi connectivity index (χ4v) is 5.38. The maximum Gasteiger partial charge on any atom is 0.136 e. The van der Waals surface area contributed by atoms with Gasteiger partial charge in [-0.1, -0.05) is 84.9 Å². The van der Waals surface area contributed by atoms with Crippen LogP contribution in [0.15, 0.2) is 137 Å². The zero-order valence-electron chi connectivity index (χ0n) is 20.9. The highest BCUT2D eigenvalue weighted by molar-refractivity contribution is 6.11. The van der Waals surface area contributed by atoms with E-state index < -0.39 is 0 Å². The summed E-state index contributed by atoms with van der Waals surface area (Å²) in [6.45, 7) is 4.26. The Morgan fingerprint density at radius 2 is 1.03 bits per heavy atom. The van der Waals surface area contributed by atoms with Gasteiger partial charge in [0.25, 0.3) is 0 Å².